The molecular weight excluding hydrogens is 281 g/mol. The molecule has 3 N–H and O–H groups in total. The van der Waals surface area contributed by atoms with Crippen LogP contribution in [0.1, 0.15) is 39.0 Å². The van der Waals surface area contributed by atoms with E-state index in [-0.39, 0.29) is 12.1 Å². The number of carbonyl (C=O) groups excluding carboxylic acids is 1. The third kappa shape index (κ3) is 5.38. The van der Waals surface area contributed by atoms with Crippen molar-refractivity contribution in [1.29, 1.82) is 0 Å². The number of nitrogens with one attached hydrogen (secondary N) is 1. The monoisotopic (exact) mass is 302 g/mol. The molecule has 0 heterocycles. The van der Waals surface area contributed by atoms with Gasteiger partial charge in [-0.15, -0.1) is 0 Å². The average molecular weight is 302 g/mol. The van der Waals surface area contributed by atoms with Gasteiger partial charge in [0, 0.05) is 6.42 Å². The summed E-state index contributed by atoms with van der Waals surface area (Å²) in [7, 11) is 0. The lowest BCUT2D eigenvalue weighted by Gasteiger charge is -2.14. The molecule has 0 aliphatic carbocycles. The molecular formula is C15H21F3N2O. The van der Waals surface area contributed by atoms with Crippen LogP contribution in [-0.4, -0.2) is 12.5 Å². The van der Waals surface area contributed by atoms with Gasteiger partial charge >= 0.3 is 0 Å². The Hall–Kier alpha value is -1.56. The third-order valence-corrected chi connectivity index (χ3v) is 3.36. The SMILES string of the molecule is CCCC(CCN)CCC(=O)Nc1ccc(F)c(F)c1F. The van der Waals surface area contributed by atoms with Gasteiger partial charge in [0.15, 0.2) is 17.5 Å². The zero-order chi connectivity index (χ0) is 15.8. The second-order valence-electron chi connectivity index (χ2n) is 5.04. The maximum Gasteiger partial charge on any atom is 0.224 e. The summed E-state index contributed by atoms with van der Waals surface area (Å²) in [5, 5.41) is 2.27. The molecule has 0 aromatic heterocycles. The Balaban J connectivity index is 2.56. The van der Waals surface area contributed by atoms with Crippen molar-refractivity contribution in [2.45, 2.75) is 39.0 Å². The molecule has 0 aliphatic heterocycles. The van der Waals surface area contributed by atoms with E-state index >= 15 is 0 Å². The summed E-state index contributed by atoms with van der Waals surface area (Å²) < 4.78 is 39.2. The molecule has 0 saturated carbocycles. The van der Waals surface area contributed by atoms with E-state index in [0.29, 0.717) is 18.9 Å². The average Bonchev–Trinajstić information content (AvgIpc) is 2.46. The van der Waals surface area contributed by atoms with Gasteiger partial charge in [0.2, 0.25) is 5.91 Å². The van der Waals surface area contributed by atoms with Gasteiger partial charge in [0.05, 0.1) is 5.69 Å². The van der Waals surface area contributed by atoms with E-state index in [9.17, 15) is 18.0 Å². The van der Waals surface area contributed by atoms with E-state index in [0.717, 1.165) is 31.4 Å². The molecule has 118 valence electrons. The molecule has 1 aromatic carbocycles. The summed E-state index contributed by atoms with van der Waals surface area (Å²) in [6.45, 7) is 2.62. The fourth-order valence-corrected chi connectivity index (χ4v) is 2.25. The first-order chi connectivity index (χ1) is 9.99. The topological polar surface area (TPSA) is 55.1 Å². The molecule has 1 atom stereocenters. The molecule has 0 saturated heterocycles. The van der Waals surface area contributed by atoms with Gasteiger partial charge in [-0.2, -0.15) is 0 Å². The standard InChI is InChI=1S/C15H21F3N2O/c1-2-3-10(8-9-19)4-7-13(21)20-12-6-5-11(16)14(17)15(12)18/h5-6,10H,2-4,7-9,19H2,1H3,(H,20,21). The van der Waals surface area contributed by atoms with Crippen LogP contribution in [0.4, 0.5) is 18.9 Å². The molecule has 0 radical (unpaired) electrons. The van der Waals surface area contributed by atoms with Crippen LogP contribution in [-0.2, 0) is 4.79 Å². The largest absolute Gasteiger partial charge is 0.330 e. The van der Waals surface area contributed by atoms with E-state index in [2.05, 4.69) is 12.2 Å². The molecule has 3 nitrogen and oxygen atoms in total. The third-order valence-electron chi connectivity index (χ3n) is 3.36. The van der Waals surface area contributed by atoms with Crippen LogP contribution in [0.2, 0.25) is 0 Å². The predicted octanol–water partition coefficient (Wildman–Crippen LogP) is 3.59. The van der Waals surface area contributed by atoms with Gasteiger partial charge in [-0.25, -0.2) is 13.2 Å². The number of benzene rings is 1. The van der Waals surface area contributed by atoms with Crippen molar-refractivity contribution in [1.82, 2.24) is 0 Å². The first-order valence-corrected chi connectivity index (χ1v) is 7.13. The Morgan fingerprint density at radius 1 is 1.19 bits per heavy atom. The van der Waals surface area contributed by atoms with E-state index in [1.807, 2.05) is 0 Å². The summed E-state index contributed by atoms with van der Waals surface area (Å²) in [6, 6.07) is 1.79. The van der Waals surface area contributed by atoms with E-state index in [4.69, 9.17) is 5.73 Å². The van der Waals surface area contributed by atoms with E-state index in [1.54, 1.807) is 0 Å². The summed E-state index contributed by atoms with van der Waals surface area (Å²) in [6.07, 6.45) is 3.65. The van der Waals surface area contributed by atoms with Crippen molar-refractivity contribution >= 4 is 11.6 Å². The first-order valence-electron chi connectivity index (χ1n) is 7.13. The molecule has 0 bridgehead atoms. The van der Waals surface area contributed by atoms with Crippen LogP contribution in [0.25, 0.3) is 0 Å². The number of carbonyl (C=O) groups is 1. The van der Waals surface area contributed by atoms with Crippen molar-refractivity contribution in [2.75, 3.05) is 11.9 Å². The fourth-order valence-electron chi connectivity index (χ4n) is 2.25. The minimum absolute atomic E-state index is 0.198. The van der Waals surface area contributed by atoms with Crippen LogP contribution in [0.5, 0.6) is 0 Å². The number of anilines is 1. The maximum atomic E-state index is 13.4. The number of hydrogen-bond donors (Lipinski definition) is 2. The van der Waals surface area contributed by atoms with Crippen molar-refractivity contribution < 1.29 is 18.0 Å². The highest BCUT2D eigenvalue weighted by molar-refractivity contribution is 5.90. The van der Waals surface area contributed by atoms with Gasteiger partial charge in [-0.05, 0) is 37.4 Å². The van der Waals surface area contributed by atoms with Crippen LogP contribution in [0, 0.1) is 23.4 Å². The molecule has 1 unspecified atom stereocenters. The highest BCUT2D eigenvalue weighted by Gasteiger charge is 2.16. The summed E-state index contributed by atoms with van der Waals surface area (Å²) in [5.41, 5.74) is 5.17. The predicted molar refractivity (Wildman–Crippen MR) is 76.2 cm³/mol. The Kier molecular flexibility index (Phi) is 7.22. The lowest BCUT2D eigenvalue weighted by atomic mass is 9.94. The number of halogens is 3. The summed E-state index contributed by atoms with van der Waals surface area (Å²) in [4.78, 5) is 11.7. The second-order valence-corrected chi connectivity index (χ2v) is 5.04. The lowest BCUT2D eigenvalue weighted by molar-refractivity contribution is -0.116. The smallest absolute Gasteiger partial charge is 0.224 e. The summed E-state index contributed by atoms with van der Waals surface area (Å²) in [5.74, 6) is -4.31. The zero-order valence-corrected chi connectivity index (χ0v) is 12.1. The molecule has 1 rings (SSSR count). The summed E-state index contributed by atoms with van der Waals surface area (Å²) >= 11 is 0. The van der Waals surface area contributed by atoms with E-state index < -0.39 is 23.4 Å². The van der Waals surface area contributed by atoms with Gasteiger partial charge in [-0.3, -0.25) is 4.79 Å². The van der Waals surface area contributed by atoms with E-state index in [1.165, 1.54) is 0 Å². The number of nitrogens with two attached hydrogens (primary N) is 1. The Bertz CT molecular complexity index is 474. The minimum atomic E-state index is -1.58. The highest BCUT2D eigenvalue weighted by Crippen LogP contribution is 2.21. The molecule has 0 spiro atoms. The lowest BCUT2D eigenvalue weighted by Crippen LogP contribution is -2.16. The Morgan fingerprint density at radius 3 is 2.52 bits per heavy atom. The fraction of sp³-hybridized carbons (Fsp3) is 0.533. The maximum absolute atomic E-state index is 13.4. The molecule has 1 amide bonds. The van der Waals surface area contributed by atoms with Gasteiger partial charge in [0.25, 0.3) is 0 Å². The van der Waals surface area contributed by atoms with Crippen molar-refractivity contribution in [3.8, 4) is 0 Å². The Labute approximate surface area is 122 Å². The molecule has 0 aliphatic rings. The minimum Gasteiger partial charge on any atom is -0.330 e. The molecule has 0 fully saturated rings. The zero-order valence-electron chi connectivity index (χ0n) is 12.1. The van der Waals surface area contributed by atoms with Crippen LogP contribution < -0.4 is 11.1 Å². The number of rotatable bonds is 8. The number of amides is 1. The van der Waals surface area contributed by atoms with Crippen molar-refractivity contribution in [2.24, 2.45) is 11.7 Å². The molecule has 6 heteroatoms. The van der Waals surface area contributed by atoms with Gasteiger partial charge in [0.1, 0.15) is 0 Å². The molecule has 21 heavy (non-hydrogen) atoms. The normalized spacial score (nSPS) is 12.2. The highest BCUT2D eigenvalue weighted by atomic mass is 19.2. The number of hydrogen-bond acceptors (Lipinski definition) is 2. The van der Waals surface area contributed by atoms with Crippen molar-refractivity contribution in [3.05, 3.63) is 29.6 Å². The quantitative estimate of drug-likeness (QED) is 0.721. The van der Waals surface area contributed by atoms with Crippen LogP contribution >= 0.6 is 0 Å². The molecule has 1 aromatic rings. The Morgan fingerprint density at radius 2 is 1.90 bits per heavy atom. The van der Waals surface area contributed by atoms with Gasteiger partial charge < -0.3 is 11.1 Å². The van der Waals surface area contributed by atoms with Crippen LogP contribution in [0.15, 0.2) is 12.1 Å². The second kappa shape index (κ2) is 8.67. The van der Waals surface area contributed by atoms with Crippen molar-refractivity contribution in [3.63, 3.8) is 0 Å². The first kappa shape index (κ1) is 17.5. The van der Waals surface area contributed by atoms with Gasteiger partial charge in [-0.1, -0.05) is 19.8 Å². The van der Waals surface area contributed by atoms with Crippen LogP contribution in [0.3, 0.4) is 0 Å².